The highest BCUT2D eigenvalue weighted by Gasteiger charge is 2.13. The number of carbonyl (C=O) groups is 1. The fourth-order valence-corrected chi connectivity index (χ4v) is 3.61. The van der Waals surface area contributed by atoms with Crippen LogP contribution in [0.15, 0.2) is 72.1 Å². The van der Waals surface area contributed by atoms with Gasteiger partial charge in [0.1, 0.15) is 11.4 Å². The Labute approximate surface area is 167 Å². The summed E-state index contributed by atoms with van der Waals surface area (Å²) in [5.41, 5.74) is 3.69. The molecule has 0 atom stereocenters. The third kappa shape index (κ3) is 3.89. The van der Waals surface area contributed by atoms with Gasteiger partial charge in [-0.2, -0.15) is 5.10 Å². The van der Waals surface area contributed by atoms with Crippen LogP contribution in [0.5, 0.6) is 0 Å². The molecule has 140 valence electrons. The number of fused-ring (bicyclic) bond motifs is 1. The standard InChI is InChI=1S/C21H19N5OS/c1-2-15-8-10-16(11-9-15)25-19(27)13-28-21-18-12-24-26(20(18)22-14-23-21)17-6-4-3-5-7-17/h3-12,14H,2,13H2,1H3,(H,25,27). The fourth-order valence-electron chi connectivity index (χ4n) is 2.85. The maximum atomic E-state index is 12.3. The highest BCUT2D eigenvalue weighted by molar-refractivity contribution is 8.00. The lowest BCUT2D eigenvalue weighted by Crippen LogP contribution is -2.14. The van der Waals surface area contributed by atoms with E-state index in [9.17, 15) is 4.79 Å². The van der Waals surface area contributed by atoms with Gasteiger partial charge in [-0.15, -0.1) is 0 Å². The van der Waals surface area contributed by atoms with Gasteiger partial charge in [-0.3, -0.25) is 4.79 Å². The number of rotatable bonds is 6. The lowest BCUT2D eigenvalue weighted by Gasteiger charge is -2.06. The van der Waals surface area contributed by atoms with Gasteiger partial charge in [-0.05, 0) is 36.2 Å². The molecule has 0 aliphatic carbocycles. The predicted octanol–water partition coefficient (Wildman–Crippen LogP) is 4.11. The van der Waals surface area contributed by atoms with E-state index in [4.69, 9.17) is 0 Å². The molecule has 6 nitrogen and oxygen atoms in total. The Kier molecular flexibility index (Phi) is 5.34. The topological polar surface area (TPSA) is 72.7 Å². The van der Waals surface area contributed by atoms with Crippen molar-refractivity contribution in [3.05, 3.63) is 72.7 Å². The molecular formula is C21H19N5OS. The summed E-state index contributed by atoms with van der Waals surface area (Å²) in [7, 11) is 0. The third-order valence-corrected chi connectivity index (χ3v) is 5.32. The van der Waals surface area contributed by atoms with E-state index in [0.717, 1.165) is 33.9 Å². The molecule has 4 rings (SSSR count). The predicted molar refractivity (Wildman–Crippen MR) is 112 cm³/mol. The van der Waals surface area contributed by atoms with Crippen LogP contribution in [0.1, 0.15) is 12.5 Å². The van der Waals surface area contributed by atoms with E-state index in [2.05, 4.69) is 27.3 Å². The second-order valence-electron chi connectivity index (χ2n) is 6.20. The van der Waals surface area contributed by atoms with Gasteiger partial charge in [-0.25, -0.2) is 14.6 Å². The van der Waals surface area contributed by atoms with Crippen LogP contribution in [0.4, 0.5) is 5.69 Å². The van der Waals surface area contributed by atoms with Crippen molar-refractivity contribution < 1.29 is 4.79 Å². The van der Waals surface area contributed by atoms with Gasteiger partial charge in [0.2, 0.25) is 5.91 Å². The summed E-state index contributed by atoms with van der Waals surface area (Å²) >= 11 is 1.38. The summed E-state index contributed by atoms with van der Waals surface area (Å²) in [5.74, 6) is 0.189. The second-order valence-corrected chi connectivity index (χ2v) is 7.16. The van der Waals surface area contributed by atoms with Crippen molar-refractivity contribution in [2.75, 3.05) is 11.1 Å². The Morgan fingerprint density at radius 3 is 2.61 bits per heavy atom. The maximum Gasteiger partial charge on any atom is 0.234 e. The normalized spacial score (nSPS) is 10.9. The third-order valence-electron chi connectivity index (χ3n) is 4.32. The molecule has 0 unspecified atom stereocenters. The average molecular weight is 389 g/mol. The van der Waals surface area contributed by atoms with Gasteiger partial charge < -0.3 is 5.32 Å². The molecule has 0 spiro atoms. The number of aromatic nitrogens is 4. The number of aryl methyl sites for hydroxylation is 1. The number of thioether (sulfide) groups is 1. The SMILES string of the molecule is CCc1ccc(NC(=O)CSc2ncnc3c2cnn3-c2ccccc2)cc1. The fraction of sp³-hybridized carbons (Fsp3) is 0.143. The van der Waals surface area contributed by atoms with Gasteiger partial charge in [0.05, 0.1) is 23.0 Å². The van der Waals surface area contributed by atoms with Crippen LogP contribution in [0, 0.1) is 0 Å². The van der Waals surface area contributed by atoms with Crippen molar-refractivity contribution >= 4 is 34.4 Å². The number of carbonyl (C=O) groups excluding carboxylic acids is 1. The van der Waals surface area contributed by atoms with Crippen molar-refractivity contribution in [2.24, 2.45) is 0 Å². The minimum Gasteiger partial charge on any atom is -0.325 e. The lowest BCUT2D eigenvalue weighted by atomic mass is 10.1. The molecule has 2 aromatic carbocycles. The van der Waals surface area contributed by atoms with E-state index in [0.29, 0.717) is 0 Å². The number of nitrogens with zero attached hydrogens (tertiary/aromatic N) is 4. The van der Waals surface area contributed by atoms with Crippen LogP contribution in [0.2, 0.25) is 0 Å². The molecule has 4 aromatic rings. The van der Waals surface area contributed by atoms with E-state index in [1.807, 2.05) is 54.6 Å². The van der Waals surface area contributed by atoms with Crippen LogP contribution >= 0.6 is 11.8 Å². The van der Waals surface area contributed by atoms with Gasteiger partial charge >= 0.3 is 0 Å². The quantitative estimate of drug-likeness (QED) is 0.397. The first kappa shape index (κ1) is 18.2. The Bertz CT molecular complexity index is 1090. The molecule has 0 fully saturated rings. The number of nitrogens with one attached hydrogen (secondary N) is 1. The zero-order valence-electron chi connectivity index (χ0n) is 15.4. The van der Waals surface area contributed by atoms with Crippen LogP contribution < -0.4 is 5.32 Å². The van der Waals surface area contributed by atoms with Crippen LogP contribution in [-0.4, -0.2) is 31.4 Å². The number of hydrogen-bond donors (Lipinski definition) is 1. The van der Waals surface area contributed by atoms with Crippen LogP contribution in [0.25, 0.3) is 16.7 Å². The number of anilines is 1. The number of benzene rings is 2. The molecule has 7 heteroatoms. The Hall–Kier alpha value is -3.19. The Morgan fingerprint density at radius 1 is 1.07 bits per heavy atom. The summed E-state index contributed by atoms with van der Waals surface area (Å²) in [6.07, 6.45) is 4.23. The van der Waals surface area contributed by atoms with E-state index in [-0.39, 0.29) is 11.7 Å². The van der Waals surface area contributed by atoms with E-state index >= 15 is 0 Å². The zero-order chi connectivity index (χ0) is 19.3. The second kappa shape index (κ2) is 8.22. The highest BCUT2D eigenvalue weighted by atomic mass is 32.2. The first-order chi connectivity index (χ1) is 13.7. The summed E-state index contributed by atoms with van der Waals surface area (Å²) in [6.45, 7) is 2.10. The lowest BCUT2D eigenvalue weighted by molar-refractivity contribution is -0.113. The average Bonchev–Trinajstić information content (AvgIpc) is 3.18. The number of para-hydroxylation sites is 1. The molecule has 0 aliphatic rings. The molecule has 2 heterocycles. The van der Waals surface area contributed by atoms with Crippen LogP contribution in [-0.2, 0) is 11.2 Å². The first-order valence-electron chi connectivity index (χ1n) is 9.00. The van der Waals surface area contributed by atoms with Gasteiger partial charge in [0.15, 0.2) is 5.65 Å². The summed E-state index contributed by atoms with van der Waals surface area (Å²) in [6, 6.07) is 17.7. The van der Waals surface area contributed by atoms with E-state index in [1.165, 1.54) is 23.7 Å². The highest BCUT2D eigenvalue weighted by Crippen LogP contribution is 2.25. The number of hydrogen-bond acceptors (Lipinski definition) is 5. The van der Waals surface area contributed by atoms with Gasteiger partial charge in [0.25, 0.3) is 0 Å². The smallest absolute Gasteiger partial charge is 0.234 e. The van der Waals surface area contributed by atoms with E-state index in [1.54, 1.807) is 10.9 Å². The van der Waals surface area contributed by atoms with Gasteiger partial charge in [0, 0.05) is 5.69 Å². The molecule has 0 saturated carbocycles. The van der Waals surface area contributed by atoms with Crippen molar-refractivity contribution in [2.45, 2.75) is 18.4 Å². The molecule has 0 radical (unpaired) electrons. The number of amides is 1. The van der Waals surface area contributed by atoms with Crippen molar-refractivity contribution in [1.82, 2.24) is 19.7 Å². The minimum absolute atomic E-state index is 0.0727. The minimum atomic E-state index is -0.0727. The zero-order valence-corrected chi connectivity index (χ0v) is 16.2. The Morgan fingerprint density at radius 2 is 1.86 bits per heavy atom. The van der Waals surface area contributed by atoms with Crippen LogP contribution in [0.3, 0.4) is 0 Å². The summed E-state index contributed by atoms with van der Waals surface area (Å²) in [5, 5.41) is 8.93. The molecule has 0 bridgehead atoms. The van der Waals surface area contributed by atoms with Crippen molar-refractivity contribution in [1.29, 1.82) is 0 Å². The summed E-state index contributed by atoms with van der Waals surface area (Å²) in [4.78, 5) is 21.0. The van der Waals surface area contributed by atoms with Crippen molar-refractivity contribution in [3.63, 3.8) is 0 Å². The monoisotopic (exact) mass is 389 g/mol. The van der Waals surface area contributed by atoms with Crippen molar-refractivity contribution in [3.8, 4) is 5.69 Å². The molecule has 1 amide bonds. The molecule has 28 heavy (non-hydrogen) atoms. The largest absolute Gasteiger partial charge is 0.325 e. The molecule has 0 saturated heterocycles. The molecule has 1 N–H and O–H groups in total. The van der Waals surface area contributed by atoms with Gasteiger partial charge in [-0.1, -0.05) is 49.0 Å². The van der Waals surface area contributed by atoms with E-state index < -0.39 is 0 Å². The molecule has 2 aromatic heterocycles. The molecular weight excluding hydrogens is 370 g/mol. The first-order valence-corrected chi connectivity index (χ1v) is 9.99. The molecule has 0 aliphatic heterocycles. The maximum absolute atomic E-state index is 12.3. The summed E-state index contributed by atoms with van der Waals surface area (Å²) < 4.78 is 1.77. The Balaban J connectivity index is 1.47.